The van der Waals surface area contributed by atoms with Crippen molar-refractivity contribution in [1.29, 1.82) is 0 Å². The number of hydrogen-bond donors (Lipinski definition) is 1. The van der Waals surface area contributed by atoms with E-state index < -0.39 is 0 Å². The van der Waals surface area contributed by atoms with Crippen molar-refractivity contribution in [3.8, 4) is 0 Å². The standard InChI is InChI=1S/C15H21N3O2/c1-10(2)12-8-11(18-6-4-16-5-7-18)9-13-14(12)20-15(19)17(13)3/h8-10,16H,4-7H2,1-3H3. The van der Waals surface area contributed by atoms with Crippen LogP contribution in [0.4, 0.5) is 5.69 Å². The van der Waals surface area contributed by atoms with E-state index in [9.17, 15) is 4.79 Å². The Morgan fingerprint density at radius 2 is 1.95 bits per heavy atom. The molecule has 1 saturated heterocycles. The van der Waals surface area contributed by atoms with E-state index >= 15 is 0 Å². The van der Waals surface area contributed by atoms with E-state index in [0.717, 1.165) is 42.8 Å². The van der Waals surface area contributed by atoms with Gasteiger partial charge in [0.1, 0.15) is 0 Å². The molecule has 0 aliphatic carbocycles. The highest BCUT2D eigenvalue weighted by molar-refractivity contribution is 5.82. The fraction of sp³-hybridized carbons (Fsp3) is 0.533. The zero-order valence-corrected chi connectivity index (χ0v) is 12.3. The second-order valence-corrected chi connectivity index (χ2v) is 5.70. The Morgan fingerprint density at radius 1 is 1.25 bits per heavy atom. The summed E-state index contributed by atoms with van der Waals surface area (Å²) >= 11 is 0. The number of nitrogens with one attached hydrogen (secondary N) is 1. The molecule has 0 saturated carbocycles. The number of nitrogens with zero attached hydrogens (tertiary/aromatic N) is 2. The summed E-state index contributed by atoms with van der Waals surface area (Å²) in [6.07, 6.45) is 0. The summed E-state index contributed by atoms with van der Waals surface area (Å²) in [5, 5.41) is 3.36. The summed E-state index contributed by atoms with van der Waals surface area (Å²) in [4.78, 5) is 14.1. The Kier molecular flexibility index (Phi) is 3.30. The molecule has 0 bridgehead atoms. The second-order valence-electron chi connectivity index (χ2n) is 5.70. The fourth-order valence-electron chi connectivity index (χ4n) is 2.77. The number of hydrogen-bond acceptors (Lipinski definition) is 4. The van der Waals surface area contributed by atoms with Crippen LogP contribution in [0.25, 0.3) is 11.1 Å². The van der Waals surface area contributed by atoms with Crippen molar-refractivity contribution in [2.24, 2.45) is 7.05 Å². The highest BCUT2D eigenvalue weighted by Crippen LogP contribution is 2.30. The van der Waals surface area contributed by atoms with E-state index in [1.807, 2.05) is 0 Å². The molecule has 1 aliphatic heterocycles. The first-order valence-corrected chi connectivity index (χ1v) is 7.17. The lowest BCUT2D eigenvalue weighted by Gasteiger charge is -2.30. The molecular weight excluding hydrogens is 254 g/mol. The summed E-state index contributed by atoms with van der Waals surface area (Å²) in [5.74, 6) is 0.0327. The number of oxazole rings is 1. The summed E-state index contributed by atoms with van der Waals surface area (Å²) in [6, 6.07) is 4.23. The minimum atomic E-state index is -0.292. The average Bonchev–Trinajstić information content (AvgIpc) is 2.74. The number of aryl methyl sites for hydroxylation is 1. The molecule has 1 aliphatic rings. The third-order valence-electron chi connectivity index (χ3n) is 4.01. The zero-order chi connectivity index (χ0) is 14.3. The smallest absolute Gasteiger partial charge is 0.407 e. The predicted molar refractivity (Wildman–Crippen MR) is 80.6 cm³/mol. The van der Waals surface area contributed by atoms with Gasteiger partial charge in [0.05, 0.1) is 5.52 Å². The molecule has 0 amide bonds. The van der Waals surface area contributed by atoms with Crippen LogP contribution in [0.3, 0.4) is 0 Å². The Hall–Kier alpha value is -1.75. The Bertz CT molecular complexity index is 678. The predicted octanol–water partition coefficient (Wildman–Crippen LogP) is 1.66. The van der Waals surface area contributed by atoms with Crippen LogP contribution in [0.1, 0.15) is 25.3 Å². The summed E-state index contributed by atoms with van der Waals surface area (Å²) in [7, 11) is 1.76. The van der Waals surface area contributed by atoms with Gasteiger partial charge in [-0.25, -0.2) is 4.79 Å². The van der Waals surface area contributed by atoms with Crippen LogP contribution in [-0.2, 0) is 7.05 Å². The van der Waals surface area contributed by atoms with E-state index in [4.69, 9.17) is 4.42 Å². The molecule has 1 aromatic carbocycles. The maximum absolute atomic E-state index is 11.8. The zero-order valence-electron chi connectivity index (χ0n) is 12.3. The van der Waals surface area contributed by atoms with Crippen molar-refractivity contribution in [3.05, 3.63) is 28.2 Å². The maximum Gasteiger partial charge on any atom is 0.419 e. The Morgan fingerprint density at radius 3 is 2.60 bits per heavy atom. The van der Waals surface area contributed by atoms with Gasteiger partial charge in [-0.2, -0.15) is 0 Å². The van der Waals surface area contributed by atoms with Crippen LogP contribution >= 0.6 is 0 Å². The lowest BCUT2D eigenvalue weighted by atomic mass is 10.0. The minimum absolute atomic E-state index is 0.292. The van der Waals surface area contributed by atoms with Crippen molar-refractivity contribution in [3.63, 3.8) is 0 Å². The van der Waals surface area contributed by atoms with Crippen molar-refractivity contribution in [2.75, 3.05) is 31.1 Å². The average molecular weight is 275 g/mol. The van der Waals surface area contributed by atoms with E-state index in [2.05, 4.69) is 36.2 Å². The summed E-state index contributed by atoms with van der Waals surface area (Å²) in [6.45, 7) is 8.25. The van der Waals surface area contributed by atoms with Gasteiger partial charge < -0.3 is 14.6 Å². The highest BCUT2D eigenvalue weighted by Gasteiger charge is 2.18. The molecule has 0 radical (unpaired) electrons. The number of aromatic nitrogens is 1. The lowest BCUT2D eigenvalue weighted by molar-refractivity contribution is 0.524. The van der Waals surface area contributed by atoms with E-state index in [1.165, 1.54) is 5.69 Å². The van der Waals surface area contributed by atoms with E-state index in [-0.39, 0.29) is 5.76 Å². The summed E-state index contributed by atoms with van der Waals surface area (Å²) < 4.78 is 7.00. The SMILES string of the molecule is CC(C)c1cc(N2CCNCC2)cc2c1oc(=O)n2C. The number of rotatable bonds is 2. The lowest BCUT2D eigenvalue weighted by Crippen LogP contribution is -2.43. The van der Waals surface area contributed by atoms with Crippen LogP contribution in [0.15, 0.2) is 21.3 Å². The molecule has 20 heavy (non-hydrogen) atoms. The van der Waals surface area contributed by atoms with Gasteiger partial charge in [0, 0.05) is 44.5 Å². The molecule has 1 N–H and O–H groups in total. The number of piperazine rings is 1. The molecule has 2 aromatic rings. The topological polar surface area (TPSA) is 50.4 Å². The van der Waals surface area contributed by atoms with Gasteiger partial charge in [0.25, 0.3) is 0 Å². The molecule has 3 rings (SSSR count). The monoisotopic (exact) mass is 275 g/mol. The van der Waals surface area contributed by atoms with Crippen LogP contribution in [0.5, 0.6) is 0 Å². The molecule has 5 nitrogen and oxygen atoms in total. The molecule has 0 unspecified atom stereocenters. The first kappa shape index (κ1) is 13.2. The molecule has 1 fully saturated rings. The third-order valence-corrected chi connectivity index (χ3v) is 4.01. The van der Waals surface area contributed by atoms with E-state index in [0.29, 0.717) is 5.92 Å². The van der Waals surface area contributed by atoms with E-state index in [1.54, 1.807) is 11.6 Å². The van der Waals surface area contributed by atoms with Crippen molar-refractivity contribution < 1.29 is 4.42 Å². The number of fused-ring (bicyclic) bond motifs is 1. The molecule has 2 heterocycles. The van der Waals surface area contributed by atoms with Crippen LogP contribution in [-0.4, -0.2) is 30.7 Å². The van der Waals surface area contributed by atoms with Gasteiger partial charge in [-0.05, 0) is 18.1 Å². The van der Waals surface area contributed by atoms with Gasteiger partial charge in [0.2, 0.25) is 0 Å². The van der Waals surface area contributed by atoms with Gasteiger partial charge in [-0.15, -0.1) is 0 Å². The molecule has 0 spiro atoms. The van der Waals surface area contributed by atoms with Gasteiger partial charge >= 0.3 is 5.76 Å². The third kappa shape index (κ3) is 2.12. The fourth-order valence-corrected chi connectivity index (χ4v) is 2.77. The van der Waals surface area contributed by atoms with Crippen LogP contribution < -0.4 is 16.0 Å². The molecule has 1 aromatic heterocycles. The van der Waals surface area contributed by atoms with Crippen molar-refractivity contribution in [2.45, 2.75) is 19.8 Å². The molecule has 5 heteroatoms. The largest absolute Gasteiger partial charge is 0.419 e. The van der Waals surface area contributed by atoms with Gasteiger partial charge in [-0.3, -0.25) is 4.57 Å². The van der Waals surface area contributed by atoms with Crippen LogP contribution in [0, 0.1) is 0 Å². The Balaban J connectivity index is 2.18. The minimum Gasteiger partial charge on any atom is -0.407 e. The molecule has 108 valence electrons. The van der Waals surface area contributed by atoms with Crippen molar-refractivity contribution in [1.82, 2.24) is 9.88 Å². The number of anilines is 1. The first-order chi connectivity index (χ1) is 9.58. The quantitative estimate of drug-likeness (QED) is 0.905. The number of benzene rings is 1. The molecular formula is C15H21N3O2. The second kappa shape index (κ2) is 4.98. The van der Waals surface area contributed by atoms with Gasteiger partial charge in [-0.1, -0.05) is 13.8 Å². The highest BCUT2D eigenvalue weighted by atomic mass is 16.4. The maximum atomic E-state index is 11.8. The summed E-state index contributed by atoms with van der Waals surface area (Å²) in [5.41, 5.74) is 3.90. The van der Waals surface area contributed by atoms with Crippen molar-refractivity contribution >= 4 is 16.8 Å². The normalized spacial score (nSPS) is 16.3. The van der Waals surface area contributed by atoms with Crippen LogP contribution in [0.2, 0.25) is 0 Å². The van der Waals surface area contributed by atoms with Gasteiger partial charge in [0.15, 0.2) is 5.58 Å². The molecule has 0 atom stereocenters. The Labute approximate surface area is 118 Å². The first-order valence-electron chi connectivity index (χ1n) is 7.17.